The van der Waals surface area contributed by atoms with E-state index in [9.17, 15) is 14.7 Å². The quantitative estimate of drug-likeness (QED) is 0.668. The van der Waals surface area contributed by atoms with Gasteiger partial charge in [-0.3, -0.25) is 9.59 Å². The third-order valence-electron chi connectivity index (χ3n) is 4.05. The molecule has 0 aliphatic heterocycles. The van der Waals surface area contributed by atoms with Crippen LogP contribution in [0.25, 0.3) is 0 Å². The third-order valence-corrected chi connectivity index (χ3v) is 4.05. The zero-order chi connectivity index (χ0) is 19.2. The standard InChI is InChI=1S/C20H20N2O5/c1-14(21-19(24)18-9-5-11-27-18)20(25)22(13-16-7-4-10-26-16)12-15-6-2-3-8-17(15)23/h2-11,14,23H,12-13H2,1H3,(H,21,24). The number of benzene rings is 1. The van der Waals surface area contributed by atoms with Gasteiger partial charge < -0.3 is 24.2 Å². The molecule has 0 radical (unpaired) electrons. The number of carbonyl (C=O) groups excluding carboxylic acids is 2. The second-order valence-electron chi connectivity index (χ2n) is 6.07. The van der Waals surface area contributed by atoms with Crippen LogP contribution in [-0.2, 0) is 17.9 Å². The van der Waals surface area contributed by atoms with Gasteiger partial charge in [0, 0.05) is 12.1 Å². The number of nitrogens with zero attached hydrogens (tertiary/aromatic N) is 1. The van der Waals surface area contributed by atoms with E-state index in [1.165, 1.54) is 23.5 Å². The van der Waals surface area contributed by atoms with Crippen molar-refractivity contribution in [1.29, 1.82) is 0 Å². The van der Waals surface area contributed by atoms with Crippen LogP contribution in [0.5, 0.6) is 5.75 Å². The Morgan fingerprint density at radius 2 is 1.78 bits per heavy atom. The Balaban J connectivity index is 1.75. The Morgan fingerprint density at radius 3 is 2.44 bits per heavy atom. The molecule has 0 saturated carbocycles. The molecule has 2 amide bonds. The van der Waals surface area contributed by atoms with Crippen molar-refractivity contribution in [2.24, 2.45) is 0 Å². The van der Waals surface area contributed by atoms with Gasteiger partial charge in [-0.15, -0.1) is 0 Å². The second-order valence-corrected chi connectivity index (χ2v) is 6.07. The number of aromatic hydroxyl groups is 1. The first-order chi connectivity index (χ1) is 13.0. The lowest BCUT2D eigenvalue weighted by Gasteiger charge is -2.25. The Kier molecular flexibility index (Phi) is 5.61. The van der Waals surface area contributed by atoms with Crippen LogP contribution in [0.15, 0.2) is 69.9 Å². The number of hydrogen-bond donors (Lipinski definition) is 2. The van der Waals surface area contributed by atoms with Gasteiger partial charge in [0.1, 0.15) is 17.6 Å². The van der Waals surface area contributed by atoms with Crippen molar-refractivity contribution in [1.82, 2.24) is 10.2 Å². The van der Waals surface area contributed by atoms with Gasteiger partial charge in [-0.1, -0.05) is 18.2 Å². The molecule has 2 heterocycles. The number of nitrogens with one attached hydrogen (secondary N) is 1. The van der Waals surface area contributed by atoms with Gasteiger partial charge in [-0.2, -0.15) is 0 Å². The van der Waals surface area contributed by atoms with Gasteiger partial charge in [0.2, 0.25) is 5.91 Å². The van der Waals surface area contributed by atoms with Crippen molar-refractivity contribution in [3.63, 3.8) is 0 Å². The van der Waals surface area contributed by atoms with E-state index in [0.29, 0.717) is 11.3 Å². The molecule has 7 nitrogen and oxygen atoms in total. The summed E-state index contributed by atoms with van der Waals surface area (Å²) in [7, 11) is 0. The van der Waals surface area contributed by atoms with Crippen LogP contribution in [0.4, 0.5) is 0 Å². The second kappa shape index (κ2) is 8.27. The smallest absolute Gasteiger partial charge is 0.287 e. The maximum atomic E-state index is 12.9. The number of phenols is 1. The van der Waals surface area contributed by atoms with E-state index in [4.69, 9.17) is 8.83 Å². The SMILES string of the molecule is CC(NC(=O)c1ccco1)C(=O)N(Cc1ccco1)Cc1ccccc1O. The first kappa shape index (κ1) is 18.3. The average molecular weight is 368 g/mol. The fourth-order valence-corrected chi connectivity index (χ4v) is 2.66. The topological polar surface area (TPSA) is 95.9 Å². The molecule has 0 aliphatic carbocycles. The van der Waals surface area contributed by atoms with Crippen molar-refractivity contribution in [2.45, 2.75) is 26.1 Å². The van der Waals surface area contributed by atoms with Crippen LogP contribution in [0.2, 0.25) is 0 Å². The van der Waals surface area contributed by atoms with Crippen LogP contribution in [-0.4, -0.2) is 27.9 Å². The highest BCUT2D eigenvalue weighted by atomic mass is 16.3. The van der Waals surface area contributed by atoms with E-state index in [1.54, 1.807) is 49.4 Å². The van der Waals surface area contributed by atoms with Crippen molar-refractivity contribution in [3.8, 4) is 5.75 Å². The molecule has 0 spiro atoms. The zero-order valence-electron chi connectivity index (χ0n) is 14.8. The predicted octanol–water partition coefficient (Wildman–Crippen LogP) is 2.93. The number of hydrogen-bond acceptors (Lipinski definition) is 5. The van der Waals surface area contributed by atoms with Gasteiger partial charge >= 0.3 is 0 Å². The zero-order valence-corrected chi connectivity index (χ0v) is 14.8. The number of furan rings is 2. The van der Waals surface area contributed by atoms with Crippen molar-refractivity contribution in [3.05, 3.63) is 78.1 Å². The minimum Gasteiger partial charge on any atom is -0.508 e. The lowest BCUT2D eigenvalue weighted by atomic mass is 10.1. The molecule has 0 fully saturated rings. The van der Waals surface area contributed by atoms with E-state index in [2.05, 4.69) is 5.32 Å². The number of rotatable bonds is 7. The Bertz CT molecular complexity index is 887. The molecule has 7 heteroatoms. The fourth-order valence-electron chi connectivity index (χ4n) is 2.66. The number of para-hydroxylation sites is 1. The maximum absolute atomic E-state index is 12.9. The number of phenolic OH excluding ortho intramolecular Hbond substituents is 1. The monoisotopic (exact) mass is 368 g/mol. The summed E-state index contributed by atoms with van der Waals surface area (Å²) in [6, 6.07) is 12.6. The molecule has 140 valence electrons. The van der Waals surface area contributed by atoms with Crippen LogP contribution < -0.4 is 5.32 Å². The van der Waals surface area contributed by atoms with Gasteiger partial charge in [0.15, 0.2) is 5.76 Å². The lowest BCUT2D eigenvalue weighted by Crippen LogP contribution is -2.46. The normalized spacial score (nSPS) is 11.7. The first-order valence-corrected chi connectivity index (χ1v) is 8.47. The molecular weight excluding hydrogens is 348 g/mol. The third kappa shape index (κ3) is 4.58. The summed E-state index contributed by atoms with van der Waals surface area (Å²) in [6.45, 7) is 1.98. The molecule has 2 N–H and O–H groups in total. The summed E-state index contributed by atoms with van der Waals surface area (Å²) in [5.41, 5.74) is 0.599. The van der Waals surface area contributed by atoms with Gasteiger partial charge in [-0.05, 0) is 37.3 Å². The molecule has 1 unspecified atom stereocenters. The number of carbonyl (C=O) groups is 2. The molecule has 0 bridgehead atoms. The Morgan fingerprint density at radius 1 is 1.04 bits per heavy atom. The summed E-state index contributed by atoms with van der Waals surface area (Å²) in [4.78, 5) is 26.6. The molecule has 2 aromatic heterocycles. The minimum atomic E-state index is -0.789. The number of amides is 2. The molecule has 27 heavy (non-hydrogen) atoms. The molecule has 0 aliphatic rings. The summed E-state index contributed by atoms with van der Waals surface area (Å²) in [5, 5.41) is 12.7. The van der Waals surface area contributed by atoms with Crippen LogP contribution >= 0.6 is 0 Å². The summed E-state index contributed by atoms with van der Waals surface area (Å²) < 4.78 is 10.4. The first-order valence-electron chi connectivity index (χ1n) is 8.47. The summed E-state index contributed by atoms with van der Waals surface area (Å²) >= 11 is 0. The highest BCUT2D eigenvalue weighted by Crippen LogP contribution is 2.20. The van der Waals surface area contributed by atoms with Crippen molar-refractivity contribution < 1.29 is 23.5 Å². The van der Waals surface area contributed by atoms with Crippen LogP contribution in [0, 0.1) is 0 Å². The largest absolute Gasteiger partial charge is 0.508 e. The van der Waals surface area contributed by atoms with Gasteiger partial charge in [0.25, 0.3) is 5.91 Å². The van der Waals surface area contributed by atoms with Crippen molar-refractivity contribution in [2.75, 3.05) is 0 Å². The van der Waals surface area contributed by atoms with Crippen molar-refractivity contribution >= 4 is 11.8 Å². The minimum absolute atomic E-state index is 0.0991. The van der Waals surface area contributed by atoms with Gasteiger partial charge in [-0.25, -0.2) is 0 Å². The van der Waals surface area contributed by atoms with Gasteiger partial charge in [0.05, 0.1) is 19.1 Å². The molecule has 0 saturated heterocycles. The van der Waals surface area contributed by atoms with E-state index >= 15 is 0 Å². The molecule has 3 rings (SSSR count). The highest BCUT2D eigenvalue weighted by molar-refractivity contribution is 5.95. The fraction of sp³-hybridized carbons (Fsp3) is 0.200. The summed E-state index contributed by atoms with van der Waals surface area (Å²) in [6.07, 6.45) is 2.92. The lowest BCUT2D eigenvalue weighted by molar-refractivity contribution is -0.134. The summed E-state index contributed by atoms with van der Waals surface area (Å²) in [5.74, 6) is 0.0502. The molecule has 3 aromatic rings. The van der Waals surface area contributed by atoms with E-state index in [-0.39, 0.29) is 30.5 Å². The molecule has 1 atom stereocenters. The Hall–Kier alpha value is -3.48. The van der Waals surface area contributed by atoms with E-state index < -0.39 is 11.9 Å². The average Bonchev–Trinajstić information content (AvgIpc) is 3.36. The van der Waals surface area contributed by atoms with Crippen LogP contribution in [0.3, 0.4) is 0 Å². The predicted molar refractivity (Wildman–Crippen MR) is 96.7 cm³/mol. The Labute approximate surface area is 156 Å². The highest BCUT2D eigenvalue weighted by Gasteiger charge is 2.25. The van der Waals surface area contributed by atoms with E-state index in [1.807, 2.05) is 0 Å². The maximum Gasteiger partial charge on any atom is 0.287 e. The molecular formula is C20H20N2O5. The molecule has 1 aromatic carbocycles. The van der Waals surface area contributed by atoms with Crippen LogP contribution in [0.1, 0.15) is 28.8 Å². The van der Waals surface area contributed by atoms with E-state index in [0.717, 1.165) is 0 Å².